The molecule has 0 aromatic carbocycles. The molecule has 0 aliphatic heterocycles. The molecular formula is C14H18N4O2S. The molecule has 7 heteroatoms. The molecule has 0 unspecified atom stereocenters. The van der Waals surface area contributed by atoms with Crippen molar-refractivity contribution in [2.45, 2.75) is 52.0 Å². The van der Waals surface area contributed by atoms with Crippen LogP contribution in [-0.2, 0) is 24.1 Å². The number of rotatable bonds is 4. The third kappa shape index (κ3) is 3.12. The zero-order valence-corrected chi connectivity index (χ0v) is 13.0. The van der Waals surface area contributed by atoms with Crippen LogP contribution in [0.15, 0.2) is 4.63 Å². The molecule has 2 aromatic heterocycles. The van der Waals surface area contributed by atoms with Crippen LogP contribution >= 0.6 is 11.3 Å². The molecule has 1 aliphatic carbocycles. The highest BCUT2D eigenvalue weighted by Gasteiger charge is 2.20. The molecule has 0 saturated heterocycles. The van der Waals surface area contributed by atoms with Crippen LogP contribution in [0.5, 0.6) is 0 Å². The molecule has 21 heavy (non-hydrogen) atoms. The van der Waals surface area contributed by atoms with E-state index in [0.29, 0.717) is 11.4 Å². The van der Waals surface area contributed by atoms with Crippen molar-refractivity contribution in [3.05, 3.63) is 27.0 Å². The second kappa shape index (κ2) is 5.93. The number of hydrogen-bond donors (Lipinski definition) is 1. The first-order valence-electron chi connectivity index (χ1n) is 7.19. The van der Waals surface area contributed by atoms with E-state index in [4.69, 9.17) is 0 Å². The first-order valence-corrected chi connectivity index (χ1v) is 8.01. The van der Waals surface area contributed by atoms with Gasteiger partial charge in [0.25, 0.3) is 0 Å². The van der Waals surface area contributed by atoms with Gasteiger partial charge in [0.15, 0.2) is 0 Å². The van der Waals surface area contributed by atoms with Gasteiger partial charge in [0.05, 0.1) is 18.2 Å². The van der Waals surface area contributed by atoms with E-state index in [-0.39, 0.29) is 18.4 Å². The van der Waals surface area contributed by atoms with Gasteiger partial charge in [-0.25, -0.2) is 9.61 Å². The molecule has 0 spiro atoms. The summed E-state index contributed by atoms with van der Waals surface area (Å²) in [7, 11) is 0. The Morgan fingerprint density at radius 3 is 2.90 bits per heavy atom. The molecule has 0 saturated carbocycles. The summed E-state index contributed by atoms with van der Waals surface area (Å²) in [5.74, 6) is -0.0885. The van der Waals surface area contributed by atoms with Crippen molar-refractivity contribution in [1.29, 1.82) is 0 Å². The van der Waals surface area contributed by atoms with Gasteiger partial charge in [-0.2, -0.15) is 0 Å². The summed E-state index contributed by atoms with van der Waals surface area (Å²) in [5, 5.41) is 11.4. The maximum absolute atomic E-state index is 12.0. The SMILES string of the molecule is Cc1nonc1CC(=O)N[C@@H](C)c1nc2c(s1)CCCC2. The number of hydrogen-bond acceptors (Lipinski definition) is 6. The lowest BCUT2D eigenvalue weighted by molar-refractivity contribution is -0.121. The molecule has 1 N–H and O–H groups in total. The normalized spacial score (nSPS) is 15.5. The van der Waals surface area contributed by atoms with E-state index in [1.54, 1.807) is 18.3 Å². The van der Waals surface area contributed by atoms with Crippen molar-refractivity contribution >= 4 is 17.2 Å². The zero-order valence-electron chi connectivity index (χ0n) is 12.2. The molecule has 1 atom stereocenters. The van der Waals surface area contributed by atoms with Gasteiger partial charge >= 0.3 is 0 Å². The van der Waals surface area contributed by atoms with Crippen molar-refractivity contribution in [3.63, 3.8) is 0 Å². The van der Waals surface area contributed by atoms with Crippen LogP contribution in [-0.4, -0.2) is 21.2 Å². The topological polar surface area (TPSA) is 80.9 Å². The Morgan fingerprint density at radius 1 is 1.38 bits per heavy atom. The molecule has 0 bridgehead atoms. The number of fused-ring (bicyclic) bond motifs is 1. The van der Waals surface area contributed by atoms with Crippen LogP contribution in [0.4, 0.5) is 0 Å². The third-order valence-electron chi connectivity index (χ3n) is 3.68. The first-order chi connectivity index (χ1) is 10.1. The van der Waals surface area contributed by atoms with Gasteiger partial charge in [-0.05, 0) is 39.5 Å². The molecule has 2 aromatic rings. The summed E-state index contributed by atoms with van der Waals surface area (Å²) in [6.07, 6.45) is 4.84. The molecule has 2 heterocycles. The number of amides is 1. The molecule has 1 amide bonds. The van der Waals surface area contributed by atoms with Gasteiger partial charge in [0.1, 0.15) is 16.4 Å². The predicted molar refractivity (Wildman–Crippen MR) is 78.1 cm³/mol. The molecule has 0 radical (unpaired) electrons. The number of carbonyl (C=O) groups excluding carboxylic acids is 1. The minimum Gasteiger partial charge on any atom is -0.347 e. The van der Waals surface area contributed by atoms with Crippen molar-refractivity contribution in [2.24, 2.45) is 0 Å². The standard InChI is InChI=1S/C14H18N4O2S/c1-8-11(18-20-17-8)7-13(19)15-9(2)14-16-10-5-3-4-6-12(10)21-14/h9H,3-7H2,1-2H3,(H,15,19)/t9-/m0/s1. The van der Waals surface area contributed by atoms with Crippen LogP contribution in [0.3, 0.4) is 0 Å². The van der Waals surface area contributed by atoms with Gasteiger partial charge in [-0.15, -0.1) is 11.3 Å². The Kier molecular flexibility index (Phi) is 4.01. The highest BCUT2D eigenvalue weighted by atomic mass is 32.1. The summed E-state index contributed by atoms with van der Waals surface area (Å²) < 4.78 is 4.60. The molecule has 0 fully saturated rings. The highest BCUT2D eigenvalue weighted by molar-refractivity contribution is 7.11. The summed E-state index contributed by atoms with van der Waals surface area (Å²) in [6, 6.07) is -0.0757. The fraction of sp³-hybridized carbons (Fsp3) is 0.571. The predicted octanol–water partition coefficient (Wildman–Crippen LogP) is 2.13. The number of nitrogens with zero attached hydrogens (tertiary/aromatic N) is 3. The number of aryl methyl sites for hydroxylation is 3. The van der Waals surface area contributed by atoms with E-state index in [2.05, 4.69) is 25.2 Å². The van der Waals surface area contributed by atoms with E-state index in [0.717, 1.165) is 17.8 Å². The minimum atomic E-state index is -0.0885. The number of carbonyl (C=O) groups is 1. The van der Waals surface area contributed by atoms with Crippen molar-refractivity contribution in [3.8, 4) is 0 Å². The number of aromatic nitrogens is 3. The Labute approximate surface area is 126 Å². The van der Waals surface area contributed by atoms with E-state index < -0.39 is 0 Å². The Hall–Kier alpha value is -1.76. The fourth-order valence-electron chi connectivity index (χ4n) is 2.47. The van der Waals surface area contributed by atoms with E-state index in [1.807, 2.05) is 6.92 Å². The van der Waals surface area contributed by atoms with Crippen LogP contribution in [0.2, 0.25) is 0 Å². The van der Waals surface area contributed by atoms with Crippen molar-refractivity contribution in [2.75, 3.05) is 0 Å². The average molecular weight is 306 g/mol. The highest BCUT2D eigenvalue weighted by Crippen LogP contribution is 2.29. The molecular weight excluding hydrogens is 288 g/mol. The first kappa shape index (κ1) is 14.2. The van der Waals surface area contributed by atoms with Crippen LogP contribution in [0.25, 0.3) is 0 Å². The number of thiazole rings is 1. The van der Waals surface area contributed by atoms with Gasteiger partial charge in [0.2, 0.25) is 5.91 Å². The van der Waals surface area contributed by atoms with Gasteiger partial charge in [-0.3, -0.25) is 4.79 Å². The van der Waals surface area contributed by atoms with Gasteiger partial charge in [-0.1, -0.05) is 10.3 Å². The van der Waals surface area contributed by atoms with E-state index >= 15 is 0 Å². The van der Waals surface area contributed by atoms with Gasteiger partial charge in [0, 0.05) is 4.88 Å². The van der Waals surface area contributed by atoms with Crippen LogP contribution < -0.4 is 5.32 Å². The Bertz CT molecular complexity index is 626. The number of nitrogens with one attached hydrogen (secondary N) is 1. The van der Waals surface area contributed by atoms with Gasteiger partial charge < -0.3 is 5.32 Å². The maximum Gasteiger partial charge on any atom is 0.226 e. The smallest absolute Gasteiger partial charge is 0.226 e. The zero-order chi connectivity index (χ0) is 14.8. The Morgan fingerprint density at radius 2 is 2.19 bits per heavy atom. The molecule has 3 rings (SSSR count). The third-order valence-corrected chi connectivity index (χ3v) is 5.02. The second-order valence-electron chi connectivity index (χ2n) is 5.39. The van der Waals surface area contributed by atoms with E-state index in [9.17, 15) is 4.79 Å². The largest absolute Gasteiger partial charge is 0.347 e. The average Bonchev–Trinajstić information content (AvgIpc) is 3.05. The van der Waals surface area contributed by atoms with Crippen molar-refractivity contribution < 1.29 is 9.42 Å². The Balaban J connectivity index is 1.63. The maximum atomic E-state index is 12.0. The lowest BCUT2D eigenvalue weighted by Gasteiger charge is -2.10. The fourth-order valence-corrected chi connectivity index (χ4v) is 3.63. The summed E-state index contributed by atoms with van der Waals surface area (Å²) in [4.78, 5) is 18.1. The monoisotopic (exact) mass is 306 g/mol. The van der Waals surface area contributed by atoms with Crippen LogP contribution in [0.1, 0.15) is 52.8 Å². The molecule has 6 nitrogen and oxygen atoms in total. The lowest BCUT2D eigenvalue weighted by atomic mass is 10.0. The summed E-state index contributed by atoms with van der Waals surface area (Å²) in [6.45, 7) is 3.74. The summed E-state index contributed by atoms with van der Waals surface area (Å²) >= 11 is 1.72. The molecule has 112 valence electrons. The van der Waals surface area contributed by atoms with E-state index in [1.165, 1.54) is 23.4 Å². The van der Waals surface area contributed by atoms with Crippen LogP contribution in [0, 0.1) is 6.92 Å². The molecule has 1 aliphatic rings. The second-order valence-corrected chi connectivity index (χ2v) is 6.51. The minimum absolute atomic E-state index is 0.0757. The quantitative estimate of drug-likeness (QED) is 0.936. The summed E-state index contributed by atoms with van der Waals surface area (Å²) in [5.41, 5.74) is 2.46. The van der Waals surface area contributed by atoms with Crippen molar-refractivity contribution in [1.82, 2.24) is 20.6 Å². The lowest BCUT2D eigenvalue weighted by Crippen LogP contribution is -2.28.